The molecule has 0 bridgehead atoms. The van der Waals surface area contributed by atoms with Gasteiger partial charge in [-0.15, -0.1) is 13.2 Å². The minimum atomic E-state index is -4.99. The number of carbonyl (C=O) groups is 3. The van der Waals surface area contributed by atoms with E-state index in [1.807, 2.05) is 0 Å². The molecule has 3 aromatic carbocycles. The number of para-hydroxylation sites is 1. The van der Waals surface area contributed by atoms with E-state index >= 15 is 0 Å². The fraction of sp³-hybridized carbons (Fsp3) is 0.222. The first-order valence-corrected chi connectivity index (χ1v) is 12.8. The number of alkyl halides is 6. The van der Waals surface area contributed by atoms with Gasteiger partial charge in [-0.2, -0.15) is 13.2 Å². The Morgan fingerprint density at radius 1 is 0.857 bits per heavy atom. The van der Waals surface area contributed by atoms with Crippen LogP contribution in [0.3, 0.4) is 0 Å². The second kappa shape index (κ2) is 14.0. The summed E-state index contributed by atoms with van der Waals surface area (Å²) in [5, 5.41) is 13.7. The molecule has 0 saturated heterocycles. The van der Waals surface area contributed by atoms with Crippen molar-refractivity contribution in [1.29, 1.82) is 0 Å². The Kier molecular flexibility index (Phi) is 10.7. The van der Waals surface area contributed by atoms with Crippen LogP contribution in [-0.4, -0.2) is 46.3 Å². The van der Waals surface area contributed by atoms with Crippen LogP contribution in [0.2, 0.25) is 0 Å². The summed E-state index contributed by atoms with van der Waals surface area (Å²) < 4.78 is 80.8. The molecule has 224 valence electrons. The average Bonchev–Trinajstić information content (AvgIpc) is 2.89. The minimum absolute atomic E-state index is 0.0244. The van der Waals surface area contributed by atoms with Crippen molar-refractivity contribution >= 4 is 35.4 Å². The van der Waals surface area contributed by atoms with Crippen LogP contribution in [0.5, 0.6) is 5.75 Å². The molecule has 42 heavy (non-hydrogen) atoms. The SMILES string of the molecule is O=C(O)CCNC(=O)c1ccc(CN(Cc2ccccc2OC(F)(F)F)C(=O)Nc2ccc(SC(F)(F)F)cc2)cc1. The summed E-state index contributed by atoms with van der Waals surface area (Å²) in [5.41, 5.74) is -3.64. The second-order valence-electron chi connectivity index (χ2n) is 8.61. The zero-order valence-electron chi connectivity index (χ0n) is 21.5. The lowest BCUT2D eigenvalue weighted by molar-refractivity contribution is -0.275. The highest BCUT2D eigenvalue weighted by atomic mass is 32.2. The Hall–Kier alpha value is -4.40. The lowest BCUT2D eigenvalue weighted by Crippen LogP contribution is -2.34. The van der Waals surface area contributed by atoms with E-state index in [4.69, 9.17) is 5.11 Å². The second-order valence-corrected chi connectivity index (χ2v) is 9.75. The van der Waals surface area contributed by atoms with Crippen molar-refractivity contribution in [2.45, 2.75) is 36.3 Å². The predicted molar refractivity (Wildman–Crippen MR) is 141 cm³/mol. The number of nitrogens with zero attached hydrogens (tertiary/aromatic N) is 1. The molecule has 0 spiro atoms. The van der Waals surface area contributed by atoms with Gasteiger partial charge in [0.15, 0.2) is 0 Å². The molecule has 0 atom stereocenters. The third kappa shape index (κ3) is 10.9. The molecule has 3 N–H and O–H groups in total. The molecule has 0 fully saturated rings. The fourth-order valence-corrected chi connectivity index (χ4v) is 4.11. The van der Waals surface area contributed by atoms with Crippen molar-refractivity contribution < 1.29 is 50.6 Å². The van der Waals surface area contributed by atoms with Gasteiger partial charge in [-0.3, -0.25) is 9.59 Å². The van der Waals surface area contributed by atoms with Crippen molar-refractivity contribution in [3.8, 4) is 5.75 Å². The maximum atomic E-state index is 13.2. The highest BCUT2D eigenvalue weighted by Crippen LogP contribution is 2.37. The number of carbonyl (C=O) groups excluding carboxylic acids is 2. The number of halogens is 6. The highest BCUT2D eigenvalue weighted by molar-refractivity contribution is 8.00. The van der Waals surface area contributed by atoms with Gasteiger partial charge < -0.3 is 25.4 Å². The van der Waals surface area contributed by atoms with Crippen molar-refractivity contribution in [2.24, 2.45) is 0 Å². The smallest absolute Gasteiger partial charge is 0.481 e. The van der Waals surface area contributed by atoms with E-state index in [0.717, 1.165) is 23.1 Å². The van der Waals surface area contributed by atoms with Gasteiger partial charge in [-0.05, 0) is 59.8 Å². The lowest BCUT2D eigenvalue weighted by atomic mass is 10.1. The number of carboxylic acid groups (broad SMARTS) is 1. The number of ether oxygens (including phenoxy) is 1. The summed E-state index contributed by atoms with van der Waals surface area (Å²) in [4.78, 5) is 37.1. The Morgan fingerprint density at radius 2 is 1.50 bits per heavy atom. The van der Waals surface area contributed by atoms with Crippen LogP contribution in [0.4, 0.5) is 36.8 Å². The molecule has 0 unspecified atom stereocenters. The van der Waals surface area contributed by atoms with Gasteiger partial charge in [-0.25, -0.2) is 4.79 Å². The van der Waals surface area contributed by atoms with Crippen molar-refractivity contribution in [3.05, 3.63) is 89.5 Å². The van der Waals surface area contributed by atoms with Gasteiger partial charge in [0.2, 0.25) is 0 Å². The van der Waals surface area contributed by atoms with Crippen LogP contribution in [0, 0.1) is 0 Å². The van der Waals surface area contributed by atoms with E-state index in [9.17, 15) is 40.7 Å². The molecule has 0 aliphatic heterocycles. The van der Waals surface area contributed by atoms with E-state index in [-0.39, 0.29) is 59.5 Å². The number of thioether (sulfide) groups is 1. The molecule has 3 amide bonds. The molecule has 0 aliphatic rings. The number of amides is 3. The van der Waals surface area contributed by atoms with Crippen LogP contribution in [-0.2, 0) is 17.9 Å². The summed E-state index contributed by atoms with van der Waals surface area (Å²) in [6, 6.07) is 15.1. The molecule has 0 aliphatic carbocycles. The summed E-state index contributed by atoms with van der Waals surface area (Å²) in [6.45, 7) is -0.578. The Labute approximate surface area is 239 Å². The van der Waals surface area contributed by atoms with Crippen LogP contribution in [0.15, 0.2) is 77.7 Å². The molecule has 0 aromatic heterocycles. The first-order valence-electron chi connectivity index (χ1n) is 12.0. The molecule has 3 rings (SSSR count). The molecular formula is C27H23F6N3O5S. The number of hydrogen-bond donors (Lipinski definition) is 3. The topological polar surface area (TPSA) is 108 Å². The fourth-order valence-electron chi connectivity index (χ4n) is 3.57. The van der Waals surface area contributed by atoms with E-state index in [0.29, 0.717) is 5.56 Å². The zero-order chi connectivity index (χ0) is 30.9. The number of carboxylic acids is 1. The minimum Gasteiger partial charge on any atom is -0.481 e. The maximum Gasteiger partial charge on any atom is 0.573 e. The van der Waals surface area contributed by atoms with Crippen LogP contribution in [0.25, 0.3) is 0 Å². The molecular weight excluding hydrogens is 592 g/mol. The lowest BCUT2D eigenvalue weighted by Gasteiger charge is -2.25. The standard InChI is InChI=1S/C27H23F6N3O5S/c28-26(29,30)41-22-4-2-1-3-19(22)16-36(25(40)35-20-9-11-21(12-10-20)42-27(31,32)33)15-17-5-7-18(8-6-17)24(39)34-14-13-23(37)38/h1-12H,13-16H2,(H,34,39)(H,35,40)(H,37,38). The first kappa shape index (κ1) is 32.1. The average molecular weight is 616 g/mol. The summed E-state index contributed by atoms with van der Waals surface area (Å²) >= 11 is -0.331. The van der Waals surface area contributed by atoms with Gasteiger partial charge in [0.25, 0.3) is 5.91 Å². The Bertz CT molecular complexity index is 1380. The molecule has 0 radical (unpaired) electrons. The summed E-state index contributed by atoms with van der Waals surface area (Å²) in [5.74, 6) is -2.13. The van der Waals surface area contributed by atoms with Crippen LogP contribution < -0.4 is 15.4 Å². The Morgan fingerprint density at radius 3 is 2.10 bits per heavy atom. The van der Waals surface area contributed by atoms with Crippen LogP contribution in [0.1, 0.15) is 27.9 Å². The number of aliphatic carboxylic acids is 1. The maximum absolute atomic E-state index is 13.2. The van der Waals surface area contributed by atoms with Gasteiger partial charge >= 0.3 is 23.9 Å². The predicted octanol–water partition coefficient (Wildman–Crippen LogP) is 6.64. The molecule has 15 heteroatoms. The van der Waals surface area contributed by atoms with E-state index in [2.05, 4.69) is 15.4 Å². The molecule has 0 saturated carbocycles. The van der Waals surface area contributed by atoms with E-state index in [1.165, 1.54) is 54.6 Å². The Balaban J connectivity index is 1.80. The highest BCUT2D eigenvalue weighted by Gasteiger charge is 2.32. The van der Waals surface area contributed by atoms with Gasteiger partial charge in [0, 0.05) is 34.8 Å². The monoisotopic (exact) mass is 615 g/mol. The first-order chi connectivity index (χ1) is 19.7. The van der Waals surface area contributed by atoms with Crippen molar-refractivity contribution in [1.82, 2.24) is 10.2 Å². The van der Waals surface area contributed by atoms with E-state index in [1.54, 1.807) is 0 Å². The zero-order valence-corrected chi connectivity index (χ0v) is 22.3. The van der Waals surface area contributed by atoms with E-state index < -0.39 is 35.5 Å². The summed E-state index contributed by atoms with van der Waals surface area (Å²) in [7, 11) is 0. The molecule has 3 aromatic rings. The largest absolute Gasteiger partial charge is 0.573 e. The number of rotatable bonds is 11. The van der Waals surface area contributed by atoms with Crippen LogP contribution >= 0.6 is 11.8 Å². The van der Waals surface area contributed by atoms with Gasteiger partial charge in [-0.1, -0.05) is 30.3 Å². The number of nitrogens with one attached hydrogen (secondary N) is 2. The normalized spacial score (nSPS) is 11.5. The molecule has 8 nitrogen and oxygen atoms in total. The number of urea groups is 1. The quantitative estimate of drug-likeness (QED) is 0.165. The van der Waals surface area contributed by atoms with Crippen molar-refractivity contribution in [3.63, 3.8) is 0 Å². The molecule has 0 heterocycles. The number of benzene rings is 3. The van der Waals surface area contributed by atoms with Gasteiger partial charge in [0.1, 0.15) is 5.75 Å². The number of anilines is 1. The number of hydrogen-bond acceptors (Lipinski definition) is 5. The third-order valence-electron chi connectivity index (χ3n) is 5.40. The third-order valence-corrected chi connectivity index (χ3v) is 6.14. The van der Waals surface area contributed by atoms with Crippen molar-refractivity contribution in [2.75, 3.05) is 11.9 Å². The van der Waals surface area contributed by atoms with Gasteiger partial charge in [0.05, 0.1) is 13.0 Å². The summed E-state index contributed by atoms with van der Waals surface area (Å²) in [6.07, 6.45) is -5.25.